The minimum absolute atomic E-state index is 0.108. The van der Waals surface area contributed by atoms with Crippen LogP contribution in [0.15, 0.2) is 18.6 Å². The van der Waals surface area contributed by atoms with Gasteiger partial charge in [-0.3, -0.25) is 14.7 Å². The highest BCUT2D eigenvalue weighted by Gasteiger charge is 2.46. The normalized spacial score (nSPS) is 18.4. The Morgan fingerprint density at radius 2 is 1.83 bits per heavy atom. The van der Waals surface area contributed by atoms with Crippen LogP contribution in [0.4, 0.5) is 33.6 Å². The molecule has 1 spiro atoms. The van der Waals surface area contributed by atoms with E-state index in [1.807, 2.05) is 4.90 Å². The van der Waals surface area contributed by atoms with Crippen LogP contribution in [-0.4, -0.2) is 61.7 Å². The molecule has 9 nitrogen and oxygen atoms in total. The van der Waals surface area contributed by atoms with Crippen LogP contribution in [0.1, 0.15) is 30.7 Å². The molecule has 5 rings (SSSR count). The third kappa shape index (κ3) is 4.36. The van der Waals surface area contributed by atoms with Crippen LogP contribution in [0, 0.1) is 12.3 Å². The predicted molar refractivity (Wildman–Crippen MR) is 114 cm³/mol. The molecule has 3 aromatic heterocycles. The van der Waals surface area contributed by atoms with Crippen molar-refractivity contribution in [1.29, 1.82) is 0 Å². The molecule has 0 aromatic carbocycles. The largest absolute Gasteiger partial charge is 0.434 e. The molecule has 2 fully saturated rings. The van der Waals surface area contributed by atoms with E-state index < -0.39 is 30.3 Å². The average Bonchev–Trinajstić information content (AvgIpc) is 3.29. The Hall–Kier alpha value is -3.45. The van der Waals surface area contributed by atoms with Gasteiger partial charge >= 0.3 is 6.18 Å². The molecule has 2 aliphatic rings. The number of halogens is 5. The lowest BCUT2D eigenvalue weighted by atomic mass is 9.77. The van der Waals surface area contributed by atoms with Gasteiger partial charge in [0, 0.05) is 31.5 Å². The van der Waals surface area contributed by atoms with Gasteiger partial charge < -0.3 is 4.90 Å². The lowest BCUT2D eigenvalue weighted by Crippen LogP contribution is -2.42. The van der Waals surface area contributed by atoms with Crippen molar-refractivity contribution in [2.45, 2.75) is 45.3 Å². The number of hydrogen-bond acceptors (Lipinski definition) is 7. The van der Waals surface area contributed by atoms with Gasteiger partial charge in [0.05, 0.1) is 24.3 Å². The number of carbonyl (C=O) groups excluding carboxylic acids is 1. The number of hydrogen-bond donors (Lipinski definition) is 0. The minimum Gasteiger partial charge on any atom is -0.355 e. The summed E-state index contributed by atoms with van der Waals surface area (Å²) in [6.45, 7) is 2.40. The SMILES string of the molecule is Cc1nn(CC(F)F)c2nc(N3CCC4(CC3)CC(=O)N(c3cncc(C(F)(F)F)n3)C4)cnc12. The van der Waals surface area contributed by atoms with Crippen molar-refractivity contribution in [2.24, 2.45) is 5.41 Å². The Morgan fingerprint density at radius 1 is 1.09 bits per heavy atom. The number of aromatic nitrogens is 6. The van der Waals surface area contributed by atoms with E-state index in [1.165, 1.54) is 4.90 Å². The van der Waals surface area contributed by atoms with Crippen LogP contribution in [0.3, 0.4) is 0 Å². The molecule has 1 amide bonds. The van der Waals surface area contributed by atoms with Crippen LogP contribution in [-0.2, 0) is 17.5 Å². The van der Waals surface area contributed by atoms with Gasteiger partial charge in [-0.1, -0.05) is 0 Å². The molecule has 35 heavy (non-hydrogen) atoms. The maximum atomic E-state index is 13.0. The Morgan fingerprint density at radius 3 is 2.51 bits per heavy atom. The van der Waals surface area contributed by atoms with Crippen molar-refractivity contribution >= 4 is 28.7 Å². The number of nitrogens with zero attached hydrogens (tertiary/aromatic N) is 8. The van der Waals surface area contributed by atoms with Gasteiger partial charge in [0.25, 0.3) is 6.43 Å². The molecule has 2 saturated heterocycles. The lowest BCUT2D eigenvalue weighted by molar-refractivity contribution is -0.141. The maximum Gasteiger partial charge on any atom is 0.434 e. The van der Waals surface area contributed by atoms with Crippen LogP contribution in [0.5, 0.6) is 0 Å². The molecule has 0 N–H and O–H groups in total. The Labute approximate surface area is 196 Å². The predicted octanol–water partition coefficient (Wildman–Crippen LogP) is 3.23. The first-order valence-corrected chi connectivity index (χ1v) is 11.0. The third-order valence-corrected chi connectivity index (χ3v) is 6.57. The van der Waals surface area contributed by atoms with Gasteiger partial charge in [0.15, 0.2) is 17.2 Å². The Bertz CT molecular complexity index is 1270. The van der Waals surface area contributed by atoms with Crippen LogP contribution < -0.4 is 9.80 Å². The van der Waals surface area contributed by atoms with Crippen molar-refractivity contribution in [3.63, 3.8) is 0 Å². The monoisotopic (exact) mass is 496 g/mol. The highest BCUT2D eigenvalue weighted by Crippen LogP contribution is 2.43. The summed E-state index contributed by atoms with van der Waals surface area (Å²) in [6, 6.07) is 0. The van der Waals surface area contributed by atoms with Gasteiger partial charge in [-0.2, -0.15) is 18.3 Å². The number of aryl methyl sites for hydroxylation is 1. The third-order valence-electron chi connectivity index (χ3n) is 6.57. The molecule has 3 aromatic rings. The van der Waals surface area contributed by atoms with E-state index >= 15 is 0 Å². The summed E-state index contributed by atoms with van der Waals surface area (Å²) >= 11 is 0. The summed E-state index contributed by atoms with van der Waals surface area (Å²) in [5.74, 6) is 0.121. The topological polar surface area (TPSA) is 92.9 Å². The lowest BCUT2D eigenvalue weighted by Gasteiger charge is -2.39. The summed E-state index contributed by atoms with van der Waals surface area (Å²) < 4.78 is 66.1. The van der Waals surface area contributed by atoms with Crippen LogP contribution in [0.2, 0.25) is 0 Å². The van der Waals surface area contributed by atoms with Crippen molar-refractivity contribution in [2.75, 3.05) is 29.4 Å². The maximum absolute atomic E-state index is 13.0. The van der Waals surface area contributed by atoms with E-state index in [4.69, 9.17) is 0 Å². The number of piperidine rings is 1. The summed E-state index contributed by atoms with van der Waals surface area (Å²) in [5.41, 5.74) is -0.295. The highest BCUT2D eigenvalue weighted by molar-refractivity contribution is 5.95. The fourth-order valence-corrected chi connectivity index (χ4v) is 4.76. The molecule has 0 saturated carbocycles. The van der Waals surface area contributed by atoms with Crippen LogP contribution >= 0.6 is 0 Å². The zero-order valence-electron chi connectivity index (χ0n) is 18.6. The standard InChI is InChI=1S/C21H21F5N8O/c1-12-18-19(34(31-12)10-14(22)23)30-15(9-28-18)32-4-2-20(3-5-32)6-17(35)33(11-20)16-8-27-7-13(29-16)21(24,25)26/h7-9,14H,2-6,10-11H2,1H3. The second-order valence-electron chi connectivity index (χ2n) is 8.96. The number of carbonyl (C=O) groups is 1. The Kier molecular flexibility index (Phi) is 5.55. The molecular weight excluding hydrogens is 475 g/mol. The summed E-state index contributed by atoms with van der Waals surface area (Å²) in [7, 11) is 0. The van der Waals surface area contributed by atoms with E-state index in [2.05, 4.69) is 25.0 Å². The first kappa shape index (κ1) is 23.3. The first-order valence-electron chi connectivity index (χ1n) is 11.0. The Balaban J connectivity index is 1.32. The zero-order valence-corrected chi connectivity index (χ0v) is 18.6. The summed E-state index contributed by atoms with van der Waals surface area (Å²) in [5, 5.41) is 4.11. The van der Waals surface area contributed by atoms with E-state index in [-0.39, 0.29) is 30.3 Å². The quantitative estimate of drug-likeness (QED) is 0.512. The number of amides is 1. The van der Waals surface area contributed by atoms with Gasteiger partial charge in [0.1, 0.15) is 17.9 Å². The number of alkyl halides is 5. The van der Waals surface area contributed by atoms with Crippen molar-refractivity contribution in [3.8, 4) is 0 Å². The van der Waals surface area contributed by atoms with Gasteiger partial charge in [-0.25, -0.2) is 28.4 Å². The number of rotatable bonds is 4. The van der Waals surface area contributed by atoms with E-state index in [1.54, 1.807) is 13.1 Å². The second-order valence-corrected chi connectivity index (χ2v) is 8.96. The average molecular weight is 496 g/mol. The van der Waals surface area contributed by atoms with E-state index in [9.17, 15) is 26.7 Å². The minimum atomic E-state index is -4.65. The second kappa shape index (κ2) is 8.34. The van der Waals surface area contributed by atoms with Crippen molar-refractivity contribution in [1.82, 2.24) is 29.7 Å². The molecule has 14 heteroatoms. The van der Waals surface area contributed by atoms with Crippen molar-refractivity contribution in [3.05, 3.63) is 30.0 Å². The number of anilines is 2. The highest BCUT2D eigenvalue weighted by atomic mass is 19.4. The molecular formula is C21H21F5N8O. The molecule has 0 bridgehead atoms. The van der Waals surface area contributed by atoms with Gasteiger partial charge in [-0.05, 0) is 19.8 Å². The van der Waals surface area contributed by atoms with E-state index in [0.29, 0.717) is 49.2 Å². The molecule has 186 valence electrons. The fraction of sp³-hybridized carbons (Fsp3) is 0.524. The number of fused-ring (bicyclic) bond motifs is 1. The summed E-state index contributed by atoms with van der Waals surface area (Å²) in [4.78, 5) is 32.0. The molecule has 2 aliphatic heterocycles. The van der Waals surface area contributed by atoms with Gasteiger partial charge in [0.2, 0.25) is 5.91 Å². The molecule has 0 unspecified atom stereocenters. The molecule has 0 atom stereocenters. The zero-order chi connectivity index (χ0) is 25.0. The molecule has 0 aliphatic carbocycles. The fourth-order valence-electron chi connectivity index (χ4n) is 4.76. The molecule has 5 heterocycles. The smallest absolute Gasteiger partial charge is 0.355 e. The first-order chi connectivity index (χ1) is 16.5. The van der Waals surface area contributed by atoms with Crippen molar-refractivity contribution < 1.29 is 26.7 Å². The molecule has 0 radical (unpaired) electrons. The van der Waals surface area contributed by atoms with Gasteiger partial charge in [-0.15, -0.1) is 0 Å². The van der Waals surface area contributed by atoms with Crippen LogP contribution in [0.25, 0.3) is 11.2 Å². The van der Waals surface area contributed by atoms with E-state index in [0.717, 1.165) is 10.9 Å². The summed E-state index contributed by atoms with van der Waals surface area (Å²) in [6.07, 6.45) is -2.48.